The van der Waals surface area contributed by atoms with Crippen molar-refractivity contribution in [2.24, 2.45) is 0 Å². The predicted molar refractivity (Wildman–Crippen MR) is 67.5 cm³/mol. The normalized spacial score (nSPS) is 26.3. The average molecular weight is 258 g/mol. The van der Waals surface area contributed by atoms with Gasteiger partial charge in [-0.25, -0.2) is 4.98 Å². The molecule has 0 bridgehead atoms. The number of carbonyl (C=O) groups excluding carboxylic acids is 1. The van der Waals surface area contributed by atoms with Crippen LogP contribution in [-0.2, 0) is 9.53 Å². The van der Waals surface area contributed by atoms with Crippen molar-refractivity contribution in [3.8, 4) is 6.07 Å². The first kappa shape index (κ1) is 11.9. The molecule has 1 N–H and O–H groups in total. The molecule has 0 saturated carbocycles. The molecule has 0 aromatic carbocycles. The number of morpholine rings is 1. The van der Waals surface area contributed by atoms with Gasteiger partial charge in [0.05, 0.1) is 12.1 Å². The lowest BCUT2D eigenvalue weighted by Gasteiger charge is -2.33. The second kappa shape index (κ2) is 4.52. The molecule has 6 nitrogen and oxygen atoms in total. The highest BCUT2D eigenvalue weighted by Gasteiger charge is 2.43. The van der Waals surface area contributed by atoms with Crippen molar-refractivity contribution in [2.45, 2.75) is 12.0 Å². The lowest BCUT2D eigenvalue weighted by Crippen LogP contribution is -2.53. The van der Waals surface area contributed by atoms with Gasteiger partial charge in [-0.1, -0.05) is 0 Å². The first-order valence-electron chi connectivity index (χ1n) is 6.23. The Morgan fingerprint density at radius 1 is 1.58 bits per heavy atom. The monoisotopic (exact) mass is 258 g/mol. The van der Waals surface area contributed by atoms with Gasteiger partial charge >= 0.3 is 0 Å². The number of carbonyl (C=O) groups is 1. The number of nitrogens with one attached hydrogen (secondary N) is 1. The third-order valence-corrected chi connectivity index (χ3v) is 3.64. The Balaban J connectivity index is 1.79. The molecule has 6 heteroatoms. The van der Waals surface area contributed by atoms with Gasteiger partial charge in [-0.3, -0.25) is 4.79 Å². The molecule has 2 aliphatic rings. The molecule has 98 valence electrons. The molecule has 2 saturated heterocycles. The number of hydrogen-bond acceptors (Lipinski definition) is 5. The number of aromatic nitrogens is 1. The zero-order valence-corrected chi connectivity index (χ0v) is 10.4. The minimum Gasteiger partial charge on any atom is -0.361 e. The van der Waals surface area contributed by atoms with Crippen molar-refractivity contribution in [3.63, 3.8) is 0 Å². The van der Waals surface area contributed by atoms with Crippen LogP contribution in [0.25, 0.3) is 0 Å². The first-order chi connectivity index (χ1) is 9.22. The van der Waals surface area contributed by atoms with Crippen LogP contribution in [0.4, 0.5) is 5.82 Å². The van der Waals surface area contributed by atoms with Crippen LogP contribution in [0.5, 0.6) is 0 Å². The van der Waals surface area contributed by atoms with E-state index < -0.39 is 0 Å². The smallest absolute Gasteiger partial charge is 0.246 e. The lowest BCUT2D eigenvalue weighted by atomic mass is 10.0. The summed E-state index contributed by atoms with van der Waals surface area (Å²) in [5.41, 5.74) is 0.234. The van der Waals surface area contributed by atoms with Gasteiger partial charge < -0.3 is 15.0 Å². The third kappa shape index (κ3) is 2.13. The first-order valence-corrected chi connectivity index (χ1v) is 6.23. The summed E-state index contributed by atoms with van der Waals surface area (Å²) in [7, 11) is 0. The number of rotatable bonds is 1. The molecule has 0 radical (unpaired) electrons. The maximum atomic E-state index is 11.1. The van der Waals surface area contributed by atoms with Gasteiger partial charge in [0.15, 0.2) is 0 Å². The fourth-order valence-electron chi connectivity index (χ4n) is 2.60. The fraction of sp³-hybridized carbons (Fsp3) is 0.462. The average Bonchev–Trinajstić information content (AvgIpc) is 2.86. The fourth-order valence-corrected chi connectivity index (χ4v) is 2.60. The Bertz CT molecular complexity index is 542. The second-order valence-corrected chi connectivity index (χ2v) is 4.91. The molecule has 0 aliphatic carbocycles. The molecule has 1 atom stereocenters. The van der Waals surface area contributed by atoms with Crippen LogP contribution in [-0.4, -0.2) is 42.7 Å². The van der Waals surface area contributed by atoms with Crippen LogP contribution < -0.4 is 10.2 Å². The molecule has 19 heavy (non-hydrogen) atoms. The van der Waals surface area contributed by atoms with Crippen molar-refractivity contribution in [3.05, 3.63) is 23.9 Å². The summed E-state index contributed by atoms with van der Waals surface area (Å²) in [5, 5.41) is 11.9. The van der Waals surface area contributed by atoms with E-state index in [1.54, 1.807) is 18.3 Å². The molecule has 1 aromatic rings. The van der Waals surface area contributed by atoms with Gasteiger partial charge in [0.1, 0.15) is 24.1 Å². The zero-order valence-electron chi connectivity index (χ0n) is 10.4. The SMILES string of the molecule is N#Cc1cccnc1N1CCC2(CNC(=O)CO2)C1. The number of nitrogens with zero attached hydrogens (tertiary/aromatic N) is 3. The number of pyridine rings is 1. The molecular weight excluding hydrogens is 244 g/mol. The van der Waals surface area contributed by atoms with Gasteiger partial charge in [0, 0.05) is 19.3 Å². The van der Waals surface area contributed by atoms with Gasteiger partial charge in [-0.05, 0) is 18.6 Å². The highest BCUT2D eigenvalue weighted by atomic mass is 16.5. The van der Waals surface area contributed by atoms with Crippen LogP contribution in [0.2, 0.25) is 0 Å². The molecule has 1 spiro atoms. The van der Waals surface area contributed by atoms with E-state index in [0.29, 0.717) is 24.5 Å². The molecule has 1 amide bonds. The maximum Gasteiger partial charge on any atom is 0.246 e. The third-order valence-electron chi connectivity index (χ3n) is 3.64. The highest BCUT2D eigenvalue weighted by Crippen LogP contribution is 2.30. The number of hydrogen-bond donors (Lipinski definition) is 1. The summed E-state index contributed by atoms with van der Waals surface area (Å²) < 4.78 is 5.70. The largest absolute Gasteiger partial charge is 0.361 e. The van der Waals surface area contributed by atoms with E-state index in [9.17, 15) is 4.79 Å². The van der Waals surface area contributed by atoms with Crippen molar-refractivity contribution < 1.29 is 9.53 Å². The van der Waals surface area contributed by atoms with Crippen molar-refractivity contribution in [1.29, 1.82) is 5.26 Å². The van der Waals surface area contributed by atoms with Gasteiger partial charge in [-0.15, -0.1) is 0 Å². The molecular formula is C13H14N4O2. The van der Waals surface area contributed by atoms with Gasteiger partial charge in [0.25, 0.3) is 0 Å². The standard InChI is InChI=1S/C13H14N4O2/c14-6-10-2-1-4-15-12(10)17-5-3-13(9-17)8-16-11(18)7-19-13/h1-2,4H,3,5,7-9H2,(H,16,18). The van der Waals surface area contributed by atoms with Crippen LogP contribution in [0.3, 0.4) is 0 Å². The van der Waals surface area contributed by atoms with E-state index in [1.807, 2.05) is 0 Å². The van der Waals surface area contributed by atoms with Crippen LogP contribution in [0.15, 0.2) is 18.3 Å². The van der Waals surface area contributed by atoms with Gasteiger partial charge in [0.2, 0.25) is 5.91 Å². The minimum absolute atomic E-state index is 0.0698. The Hall–Kier alpha value is -2.13. The zero-order chi connectivity index (χ0) is 13.3. The maximum absolute atomic E-state index is 11.1. The Labute approximate surface area is 111 Å². The van der Waals surface area contributed by atoms with E-state index in [0.717, 1.165) is 13.0 Å². The van der Waals surface area contributed by atoms with Gasteiger partial charge in [-0.2, -0.15) is 5.26 Å². The topological polar surface area (TPSA) is 78.3 Å². The van der Waals surface area contributed by atoms with Crippen molar-refractivity contribution in [1.82, 2.24) is 10.3 Å². The Morgan fingerprint density at radius 3 is 3.21 bits per heavy atom. The summed E-state index contributed by atoms with van der Waals surface area (Å²) in [6.45, 7) is 2.07. The summed E-state index contributed by atoms with van der Waals surface area (Å²) in [5.74, 6) is 0.627. The molecule has 3 rings (SSSR count). The summed E-state index contributed by atoms with van der Waals surface area (Å²) >= 11 is 0. The number of anilines is 1. The molecule has 2 fully saturated rings. The van der Waals surface area contributed by atoms with E-state index in [-0.39, 0.29) is 18.1 Å². The van der Waals surface area contributed by atoms with Crippen molar-refractivity contribution in [2.75, 3.05) is 31.1 Å². The van der Waals surface area contributed by atoms with E-state index in [4.69, 9.17) is 10.00 Å². The van der Waals surface area contributed by atoms with E-state index in [2.05, 4.69) is 21.3 Å². The summed E-state index contributed by atoms with van der Waals surface area (Å²) in [6, 6.07) is 5.67. The quantitative estimate of drug-likeness (QED) is 0.770. The highest BCUT2D eigenvalue weighted by molar-refractivity contribution is 5.78. The molecule has 2 aliphatic heterocycles. The molecule has 1 unspecified atom stereocenters. The summed E-state index contributed by atoms with van der Waals surface area (Å²) in [4.78, 5) is 17.5. The predicted octanol–water partition coefficient (Wildman–Crippen LogP) is 0.0486. The number of amides is 1. The van der Waals surface area contributed by atoms with Crippen LogP contribution in [0, 0.1) is 11.3 Å². The molecule has 1 aromatic heterocycles. The second-order valence-electron chi connectivity index (χ2n) is 4.91. The minimum atomic E-state index is -0.335. The Kier molecular flexibility index (Phi) is 2.84. The van der Waals surface area contributed by atoms with E-state index >= 15 is 0 Å². The van der Waals surface area contributed by atoms with Crippen molar-refractivity contribution >= 4 is 11.7 Å². The number of ether oxygens (including phenoxy) is 1. The molecule has 3 heterocycles. The van der Waals surface area contributed by atoms with Crippen LogP contribution >= 0.6 is 0 Å². The Morgan fingerprint density at radius 2 is 2.47 bits per heavy atom. The van der Waals surface area contributed by atoms with Crippen LogP contribution in [0.1, 0.15) is 12.0 Å². The lowest BCUT2D eigenvalue weighted by molar-refractivity contribution is -0.141. The number of nitriles is 1. The summed E-state index contributed by atoms with van der Waals surface area (Å²) in [6.07, 6.45) is 2.51. The van der Waals surface area contributed by atoms with E-state index in [1.165, 1.54) is 0 Å².